The third-order valence-corrected chi connectivity index (χ3v) is 6.15. The van der Waals surface area contributed by atoms with Gasteiger partial charge in [0.2, 0.25) is 0 Å². The van der Waals surface area contributed by atoms with Gasteiger partial charge in [-0.3, -0.25) is 0 Å². The molecule has 4 N–H and O–H groups in total. The summed E-state index contributed by atoms with van der Waals surface area (Å²) in [6.07, 6.45) is 8.47. The zero-order valence-electron chi connectivity index (χ0n) is 24.3. The summed E-state index contributed by atoms with van der Waals surface area (Å²) >= 11 is 0. The average molecular weight is 577 g/mol. The van der Waals surface area contributed by atoms with Gasteiger partial charge in [0, 0.05) is 17.5 Å². The van der Waals surface area contributed by atoms with Crippen LogP contribution in [0.25, 0.3) is 6.08 Å². The molecule has 0 aliphatic carbocycles. The molecule has 0 spiro atoms. The van der Waals surface area contributed by atoms with E-state index in [1.54, 1.807) is 61.7 Å². The van der Waals surface area contributed by atoms with Crippen molar-refractivity contribution in [2.45, 2.75) is 45.4 Å². The largest absolute Gasteiger partial charge is 0.494 e. The Morgan fingerprint density at radius 1 is 0.738 bits per heavy atom. The van der Waals surface area contributed by atoms with Gasteiger partial charge in [0.15, 0.2) is 11.5 Å². The van der Waals surface area contributed by atoms with Crippen molar-refractivity contribution in [2.75, 3.05) is 38.4 Å². The SMILES string of the molecule is CCCCOc1ccc(OC(=O)/C=C/c2ccc(OCCCCCCOC(=O)c3cc(N)cc(N)c3)c(OC)c2)cc1. The van der Waals surface area contributed by atoms with Gasteiger partial charge in [-0.25, -0.2) is 9.59 Å². The van der Waals surface area contributed by atoms with Crippen molar-refractivity contribution in [3.63, 3.8) is 0 Å². The van der Waals surface area contributed by atoms with Gasteiger partial charge in [-0.15, -0.1) is 0 Å². The first-order chi connectivity index (χ1) is 20.4. The molecule has 0 heterocycles. The third kappa shape index (κ3) is 11.1. The van der Waals surface area contributed by atoms with Gasteiger partial charge in [-0.1, -0.05) is 19.4 Å². The summed E-state index contributed by atoms with van der Waals surface area (Å²) in [6.45, 7) is 3.61. The monoisotopic (exact) mass is 576 g/mol. The van der Waals surface area contributed by atoms with Gasteiger partial charge in [-0.05, 0) is 98.3 Å². The lowest BCUT2D eigenvalue weighted by Gasteiger charge is -2.11. The maximum atomic E-state index is 12.3. The molecule has 0 aromatic heterocycles. The minimum Gasteiger partial charge on any atom is -0.494 e. The maximum Gasteiger partial charge on any atom is 0.338 e. The van der Waals surface area contributed by atoms with E-state index >= 15 is 0 Å². The lowest BCUT2D eigenvalue weighted by atomic mass is 10.1. The van der Waals surface area contributed by atoms with Crippen LogP contribution in [0.2, 0.25) is 0 Å². The number of hydrogen-bond acceptors (Lipinski definition) is 9. The third-order valence-electron chi connectivity index (χ3n) is 6.15. The van der Waals surface area contributed by atoms with Crippen molar-refractivity contribution in [2.24, 2.45) is 0 Å². The Morgan fingerprint density at radius 2 is 1.40 bits per heavy atom. The Kier molecular flexibility index (Phi) is 13.1. The van der Waals surface area contributed by atoms with Crippen molar-refractivity contribution in [1.29, 1.82) is 0 Å². The second-order valence-corrected chi connectivity index (χ2v) is 9.63. The first-order valence-corrected chi connectivity index (χ1v) is 14.1. The van der Waals surface area contributed by atoms with Crippen LogP contribution in [0.4, 0.5) is 11.4 Å². The molecule has 3 aromatic carbocycles. The minimum absolute atomic E-state index is 0.325. The Bertz CT molecular complexity index is 1300. The van der Waals surface area contributed by atoms with Gasteiger partial charge in [0.05, 0.1) is 32.5 Å². The number of carbonyl (C=O) groups excluding carboxylic acids is 2. The summed E-state index contributed by atoms with van der Waals surface area (Å²) in [5, 5.41) is 0. The lowest BCUT2D eigenvalue weighted by molar-refractivity contribution is -0.128. The number of nitrogens with two attached hydrogens (primary N) is 2. The molecule has 3 rings (SSSR count). The normalized spacial score (nSPS) is 10.8. The van der Waals surface area contributed by atoms with Crippen molar-refractivity contribution >= 4 is 29.4 Å². The van der Waals surface area contributed by atoms with Crippen LogP contribution in [0.3, 0.4) is 0 Å². The molecule has 0 saturated heterocycles. The molecule has 0 atom stereocenters. The Hall–Kier alpha value is -4.66. The number of esters is 2. The summed E-state index contributed by atoms with van der Waals surface area (Å²) in [4.78, 5) is 24.4. The number of benzene rings is 3. The Labute approximate surface area is 247 Å². The molecule has 3 aromatic rings. The van der Waals surface area contributed by atoms with Crippen LogP contribution in [-0.4, -0.2) is 38.9 Å². The topological polar surface area (TPSA) is 132 Å². The number of carbonyl (C=O) groups is 2. The highest BCUT2D eigenvalue weighted by molar-refractivity contribution is 5.91. The lowest BCUT2D eigenvalue weighted by Crippen LogP contribution is -2.08. The van der Waals surface area contributed by atoms with Gasteiger partial charge >= 0.3 is 11.9 Å². The van der Waals surface area contributed by atoms with Crippen molar-refractivity contribution in [1.82, 2.24) is 0 Å². The molecule has 0 fully saturated rings. The van der Waals surface area contributed by atoms with Crippen LogP contribution in [-0.2, 0) is 9.53 Å². The molecule has 9 nitrogen and oxygen atoms in total. The fourth-order valence-electron chi connectivity index (χ4n) is 3.94. The molecule has 224 valence electrons. The first kappa shape index (κ1) is 31.9. The molecule has 0 radical (unpaired) electrons. The molecular weight excluding hydrogens is 536 g/mol. The Balaban J connectivity index is 1.35. The smallest absolute Gasteiger partial charge is 0.338 e. The number of anilines is 2. The van der Waals surface area contributed by atoms with E-state index in [4.69, 9.17) is 35.2 Å². The standard InChI is InChI=1S/C33H40N2O7/c1-3-4-17-39-28-11-13-29(14-12-28)42-32(36)16-10-24-9-15-30(31(20-24)38-2)40-18-7-5-6-8-19-41-33(37)25-21-26(34)23-27(35)22-25/h9-16,20-23H,3-8,17-19,34-35H2,1-2H3/b16-10+. The van der Waals surface area contributed by atoms with E-state index in [0.29, 0.717) is 54.0 Å². The van der Waals surface area contributed by atoms with E-state index in [1.807, 2.05) is 12.1 Å². The maximum absolute atomic E-state index is 12.3. The summed E-state index contributed by atoms with van der Waals surface area (Å²) in [5.41, 5.74) is 13.4. The van der Waals surface area contributed by atoms with Crippen molar-refractivity contribution in [3.8, 4) is 23.0 Å². The second-order valence-electron chi connectivity index (χ2n) is 9.63. The number of rotatable bonds is 17. The van der Waals surface area contributed by atoms with Crippen LogP contribution < -0.4 is 30.4 Å². The first-order valence-electron chi connectivity index (χ1n) is 14.1. The van der Waals surface area contributed by atoms with E-state index in [-0.39, 0.29) is 0 Å². The van der Waals surface area contributed by atoms with Crippen LogP contribution in [0.1, 0.15) is 61.4 Å². The number of hydrogen-bond donors (Lipinski definition) is 2. The number of nitrogen functional groups attached to an aromatic ring is 2. The second kappa shape index (κ2) is 17.2. The molecule has 0 saturated carbocycles. The summed E-state index contributed by atoms with van der Waals surface area (Å²) in [5.74, 6) is 1.45. The van der Waals surface area contributed by atoms with E-state index in [9.17, 15) is 9.59 Å². The van der Waals surface area contributed by atoms with E-state index in [2.05, 4.69) is 6.92 Å². The van der Waals surface area contributed by atoms with Crippen LogP contribution in [0, 0.1) is 0 Å². The molecule has 0 unspecified atom stereocenters. The molecular formula is C33H40N2O7. The molecule has 42 heavy (non-hydrogen) atoms. The Morgan fingerprint density at radius 3 is 2.10 bits per heavy atom. The van der Waals surface area contributed by atoms with E-state index < -0.39 is 11.9 Å². The highest BCUT2D eigenvalue weighted by Crippen LogP contribution is 2.29. The van der Waals surface area contributed by atoms with Crippen molar-refractivity contribution in [3.05, 3.63) is 77.9 Å². The molecule has 0 aliphatic rings. The quantitative estimate of drug-likeness (QED) is 0.0611. The number of unbranched alkanes of at least 4 members (excludes halogenated alkanes) is 4. The molecule has 0 amide bonds. The minimum atomic E-state index is -0.488. The zero-order valence-corrected chi connectivity index (χ0v) is 24.3. The van der Waals surface area contributed by atoms with Gasteiger partial charge in [0.25, 0.3) is 0 Å². The number of methoxy groups -OCH3 is 1. The fourth-order valence-corrected chi connectivity index (χ4v) is 3.94. The van der Waals surface area contributed by atoms with Crippen LogP contribution in [0.15, 0.2) is 66.7 Å². The van der Waals surface area contributed by atoms with E-state index in [0.717, 1.165) is 49.8 Å². The predicted octanol–water partition coefficient (Wildman–Crippen LogP) is 6.45. The fraction of sp³-hybridized carbons (Fsp3) is 0.333. The molecule has 0 bridgehead atoms. The van der Waals surface area contributed by atoms with Gasteiger partial charge in [-0.2, -0.15) is 0 Å². The van der Waals surface area contributed by atoms with Crippen LogP contribution >= 0.6 is 0 Å². The van der Waals surface area contributed by atoms with Gasteiger partial charge < -0.3 is 35.2 Å². The summed E-state index contributed by atoms with van der Waals surface area (Å²) in [6, 6.07) is 17.1. The summed E-state index contributed by atoms with van der Waals surface area (Å²) in [7, 11) is 1.57. The van der Waals surface area contributed by atoms with E-state index in [1.165, 1.54) is 6.08 Å². The zero-order chi connectivity index (χ0) is 30.2. The number of ether oxygens (including phenoxy) is 5. The summed E-state index contributed by atoms with van der Waals surface area (Å²) < 4.78 is 27.7. The van der Waals surface area contributed by atoms with Crippen LogP contribution in [0.5, 0.6) is 23.0 Å². The predicted molar refractivity (Wildman–Crippen MR) is 164 cm³/mol. The average Bonchev–Trinajstić information content (AvgIpc) is 2.98. The highest BCUT2D eigenvalue weighted by atomic mass is 16.5. The van der Waals surface area contributed by atoms with Gasteiger partial charge in [0.1, 0.15) is 11.5 Å². The molecule has 9 heteroatoms. The molecule has 0 aliphatic heterocycles. The van der Waals surface area contributed by atoms with Crippen molar-refractivity contribution < 1.29 is 33.3 Å². The highest BCUT2D eigenvalue weighted by Gasteiger charge is 2.09.